The Bertz CT molecular complexity index is 1770. The minimum Gasteiger partial charge on any atom is -0.462 e. The van der Waals surface area contributed by atoms with Crippen molar-refractivity contribution in [3.05, 3.63) is 59.2 Å². The second-order valence-electron chi connectivity index (χ2n) is 8.61. The maximum Gasteiger partial charge on any atom is 0.522 e. The van der Waals surface area contributed by atoms with Gasteiger partial charge in [0.25, 0.3) is 0 Å². The molecule has 0 bridgehead atoms. The van der Waals surface area contributed by atoms with Gasteiger partial charge in [-0.3, -0.25) is 9.11 Å². The van der Waals surface area contributed by atoms with Gasteiger partial charge in [-0.15, -0.1) is 0 Å². The number of H-pyrrole nitrogens is 2. The van der Waals surface area contributed by atoms with Crippen LogP contribution in [0.1, 0.15) is 46.2 Å². The monoisotopic (exact) mass is 706 g/mol. The number of nitrogens with one attached hydrogen (secondary N) is 2. The number of aromatic nitrogens is 4. The first kappa shape index (κ1) is 37.9. The molecule has 4 rings (SSSR count). The van der Waals surface area contributed by atoms with Crippen molar-refractivity contribution in [1.82, 2.24) is 19.9 Å². The van der Waals surface area contributed by atoms with Crippen molar-refractivity contribution >= 4 is 54.2 Å². The molecule has 0 fully saturated rings. The summed E-state index contributed by atoms with van der Waals surface area (Å²) in [6.07, 6.45) is 1.29. The summed E-state index contributed by atoms with van der Waals surface area (Å²) in [5.74, 6) is 0.914. The largest absolute Gasteiger partial charge is 0.522 e. The number of imidazole rings is 2. The molecule has 0 unspecified atom stereocenters. The molecule has 0 aliphatic heterocycles. The molecule has 0 amide bonds. The number of halogens is 6. The molecule has 4 N–H and O–H groups in total. The van der Waals surface area contributed by atoms with Crippen molar-refractivity contribution in [2.24, 2.45) is 0 Å². The lowest BCUT2D eigenvalue weighted by molar-refractivity contribution is -0.0514. The molecule has 4 aromatic rings. The maximum atomic E-state index is 11.9. The molecule has 2 aromatic carbocycles. The lowest BCUT2D eigenvalue weighted by Crippen LogP contribution is -2.21. The summed E-state index contributed by atoms with van der Waals surface area (Å²) in [6, 6.07) is 10.5. The number of rotatable bonds is 7. The molecule has 0 spiro atoms. The first-order chi connectivity index (χ1) is 21.1. The Morgan fingerprint density at radius 3 is 1.26 bits per heavy atom. The Morgan fingerprint density at radius 2 is 1.00 bits per heavy atom. The van der Waals surface area contributed by atoms with Crippen LogP contribution in [0.5, 0.6) is 0 Å². The van der Waals surface area contributed by atoms with Crippen molar-refractivity contribution in [2.75, 3.05) is 13.2 Å². The summed E-state index contributed by atoms with van der Waals surface area (Å²) < 4.78 is 125. The molecular formula is C24H24F6N4O10S2. The van der Waals surface area contributed by atoms with E-state index in [1.165, 1.54) is 0 Å². The number of aromatic amines is 2. The van der Waals surface area contributed by atoms with Gasteiger partial charge in [0.1, 0.15) is 11.6 Å². The molecule has 0 saturated carbocycles. The van der Waals surface area contributed by atoms with Crippen molar-refractivity contribution < 1.29 is 71.3 Å². The summed E-state index contributed by atoms with van der Waals surface area (Å²) >= 11 is 0. The van der Waals surface area contributed by atoms with Crippen LogP contribution in [-0.4, -0.2) is 82.0 Å². The zero-order valence-electron chi connectivity index (χ0n) is 23.4. The highest BCUT2D eigenvalue weighted by atomic mass is 32.2. The summed E-state index contributed by atoms with van der Waals surface area (Å²) in [5, 5.41) is 0. The van der Waals surface area contributed by atoms with E-state index in [9.17, 15) is 35.9 Å². The van der Waals surface area contributed by atoms with Gasteiger partial charge in [-0.2, -0.15) is 43.2 Å². The minimum absolute atomic E-state index is 0.337. The zero-order valence-corrected chi connectivity index (χ0v) is 25.1. The third-order valence-electron chi connectivity index (χ3n) is 5.27. The minimum atomic E-state index is -5.84. The van der Waals surface area contributed by atoms with Crippen LogP contribution in [0.15, 0.2) is 36.4 Å². The molecule has 254 valence electrons. The number of hydrogen-bond donors (Lipinski definition) is 4. The predicted molar refractivity (Wildman–Crippen MR) is 147 cm³/mol. The molecule has 46 heavy (non-hydrogen) atoms. The van der Waals surface area contributed by atoms with Gasteiger partial charge in [0.05, 0.1) is 46.4 Å². The number of carbonyl (C=O) groups is 2. The summed E-state index contributed by atoms with van der Waals surface area (Å²) in [7, 11) is -11.7. The van der Waals surface area contributed by atoms with E-state index in [1.54, 1.807) is 50.2 Å². The van der Waals surface area contributed by atoms with E-state index in [2.05, 4.69) is 19.9 Å². The first-order valence-electron chi connectivity index (χ1n) is 12.5. The second kappa shape index (κ2) is 14.9. The molecule has 0 radical (unpaired) electrons. The number of ether oxygens (including phenoxy) is 2. The van der Waals surface area contributed by atoms with Gasteiger partial charge < -0.3 is 19.4 Å². The van der Waals surface area contributed by atoms with Gasteiger partial charge >= 0.3 is 43.2 Å². The Hall–Kier alpha value is -4.28. The third kappa shape index (κ3) is 10.7. The smallest absolute Gasteiger partial charge is 0.462 e. The highest BCUT2D eigenvalue weighted by Gasteiger charge is 2.45. The van der Waals surface area contributed by atoms with Crippen LogP contribution in [0.4, 0.5) is 26.3 Å². The molecule has 14 nitrogen and oxygen atoms in total. The Morgan fingerprint density at radius 1 is 0.696 bits per heavy atom. The van der Waals surface area contributed by atoms with Crippen molar-refractivity contribution in [1.29, 1.82) is 0 Å². The predicted octanol–water partition coefficient (Wildman–Crippen LogP) is 4.37. The van der Waals surface area contributed by atoms with Gasteiger partial charge in [0.15, 0.2) is 0 Å². The lowest BCUT2D eigenvalue weighted by Gasteiger charge is -2.00. The van der Waals surface area contributed by atoms with Crippen molar-refractivity contribution in [2.45, 2.75) is 37.7 Å². The number of esters is 2. The Kier molecular flexibility index (Phi) is 12.3. The van der Waals surface area contributed by atoms with Crippen LogP contribution in [-0.2, 0) is 42.6 Å². The van der Waals surface area contributed by atoms with Crippen molar-refractivity contribution in [3.63, 3.8) is 0 Å². The fourth-order valence-corrected chi connectivity index (χ4v) is 3.28. The lowest BCUT2D eigenvalue weighted by atomic mass is 10.2. The van der Waals surface area contributed by atoms with Crippen LogP contribution < -0.4 is 0 Å². The summed E-state index contributed by atoms with van der Waals surface area (Å²) in [5.41, 5.74) is -6.91. The van der Waals surface area contributed by atoms with Crippen molar-refractivity contribution in [3.8, 4) is 0 Å². The molecule has 2 heterocycles. The number of aryl methyl sites for hydroxylation is 2. The van der Waals surface area contributed by atoms with Crippen LogP contribution >= 0.6 is 0 Å². The zero-order chi connectivity index (χ0) is 35.1. The average Bonchev–Trinajstić information content (AvgIpc) is 3.53. The summed E-state index contributed by atoms with van der Waals surface area (Å²) in [4.78, 5) is 39.4. The third-order valence-corrected chi connectivity index (χ3v) is 6.44. The van der Waals surface area contributed by atoms with Crippen LogP contribution in [0.25, 0.3) is 22.1 Å². The average molecular weight is 707 g/mol. The number of alkyl halides is 6. The Balaban J connectivity index is 0.000000381. The molecule has 0 saturated heterocycles. The SMILES string of the molecule is CCOC(=O)c1ccc2nc(CCc3nc4ccc(C(=O)OCC)cc4[nH]3)[nH]c2c1.O=S(=O)(O)C(F)(F)F.O=S(=O)(O)C(F)(F)F. The normalized spacial score (nSPS) is 12.1. The maximum absolute atomic E-state index is 11.9. The van der Waals surface area contributed by atoms with Crippen LogP contribution in [0.2, 0.25) is 0 Å². The van der Waals surface area contributed by atoms with Gasteiger partial charge in [-0.05, 0) is 50.2 Å². The van der Waals surface area contributed by atoms with Gasteiger partial charge in [0, 0.05) is 12.8 Å². The summed E-state index contributed by atoms with van der Waals surface area (Å²) in [6.45, 7) is 4.23. The van der Waals surface area contributed by atoms with E-state index in [4.69, 9.17) is 35.4 Å². The number of hydrogen-bond acceptors (Lipinski definition) is 10. The second-order valence-corrected chi connectivity index (χ2v) is 11.4. The highest BCUT2D eigenvalue weighted by Crippen LogP contribution is 2.21. The van der Waals surface area contributed by atoms with E-state index >= 15 is 0 Å². The Labute approximate surface area is 255 Å². The highest BCUT2D eigenvalue weighted by molar-refractivity contribution is 7.86. The van der Waals surface area contributed by atoms with Crippen LogP contribution in [0.3, 0.4) is 0 Å². The van der Waals surface area contributed by atoms with Gasteiger partial charge in [0.2, 0.25) is 0 Å². The number of benzene rings is 2. The fraction of sp³-hybridized carbons (Fsp3) is 0.333. The topological polar surface area (TPSA) is 219 Å². The standard InChI is InChI=1S/C22H22N4O4.2CHF3O3S/c1-3-29-21(27)13-5-7-15-17(11-13)25-19(23-15)9-10-20-24-16-8-6-14(12-18(16)26-20)22(28)30-4-2;2*2-1(3,4)8(5,6)7/h5-8,11-12H,3-4,9-10H2,1-2H3,(H,23,25)(H,24,26);2*(H,5,6,7). The van der Waals surface area contributed by atoms with Crippen LogP contribution in [0, 0.1) is 0 Å². The molecule has 22 heteroatoms. The molecular weight excluding hydrogens is 682 g/mol. The number of nitrogens with zero attached hydrogens (tertiary/aromatic N) is 2. The van der Waals surface area contributed by atoms with E-state index in [0.717, 1.165) is 33.7 Å². The van der Waals surface area contributed by atoms with E-state index in [1.807, 2.05) is 0 Å². The molecule has 0 aliphatic carbocycles. The molecule has 0 aliphatic rings. The quantitative estimate of drug-likeness (QED) is 0.0912. The van der Waals surface area contributed by atoms with E-state index in [-0.39, 0.29) is 11.9 Å². The molecule has 0 atom stereocenters. The van der Waals surface area contributed by atoms with E-state index in [0.29, 0.717) is 37.2 Å². The number of carbonyl (C=O) groups excluding carboxylic acids is 2. The molecule has 2 aromatic heterocycles. The first-order valence-corrected chi connectivity index (χ1v) is 15.3. The number of fused-ring (bicyclic) bond motifs is 2. The fourth-order valence-electron chi connectivity index (χ4n) is 3.28. The van der Waals surface area contributed by atoms with Gasteiger partial charge in [-0.1, -0.05) is 0 Å². The van der Waals surface area contributed by atoms with E-state index < -0.39 is 31.3 Å². The van der Waals surface area contributed by atoms with Gasteiger partial charge in [-0.25, -0.2) is 19.6 Å².